The van der Waals surface area contributed by atoms with E-state index < -0.39 is 12.0 Å². The van der Waals surface area contributed by atoms with Crippen molar-refractivity contribution in [3.63, 3.8) is 0 Å². The Bertz CT molecular complexity index is 850. The van der Waals surface area contributed by atoms with Crippen molar-refractivity contribution in [3.05, 3.63) is 24.3 Å². The van der Waals surface area contributed by atoms with Crippen LogP contribution in [0.4, 0.5) is 10.5 Å². The number of carbonyl (C=O) groups excluding carboxylic acids is 4. The van der Waals surface area contributed by atoms with Crippen LogP contribution in [0.15, 0.2) is 24.3 Å². The summed E-state index contributed by atoms with van der Waals surface area (Å²) in [6.07, 6.45) is -0.287. The Hall–Kier alpha value is -3.30. The maximum Gasteiger partial charge on any atom is 0.409 e. The van der Waals surface area contributed by atoms with Crippen molar-refractivity contribution in [2.75, 3.05) is 51.3 Å². The molecule has 10 heteroatoms. The second kappa shape index (κ2) is 10.3. The Kier molecular flexibility index (Phi) is 7.55. The summed E-state index contributed by atoms with van der Waals surface area (Å²) in [7, 11) is 1.57. The molecule has 0 aromatic heterocycles. The smallest absolute Gasteiger partial charge is 0.409 e. The van der Waals surface area contributed by atoms with Gasteiger partial charge in [0.15, 0.2) is 0 Å². The molecule has 4 amide bonds. The zero-order valence-corrected chi connectivity index (χ0v) is 18.7. The third kappa shape index (κ3) is 5.30. The third-order valence-electron chi connectivity index (χ3n) is 5.73. The normalized spacial score (nSPS) is 19.5. The number of rotatable bonds is 6. The van der Waals surface area contributed by atoms with Gasteiger partial charge in [-0.05, 0) is 38.1 Å². The van der Waals surface area contributed by atoms with Gasteiger partial charge in [0.05, 0.1) is 19.6 Å². The van der Waals surface area contributed by atoms with Crippen LogP contribution in [-0.2, 0) is 19.1 Å². The highest BCUT2D eigenvalue weighted by atomic mass is 16.6. The third-order valence-corrected chi connectivity index (χ3v) is 5.73. The van der Waals surface area contributed by atoms with Crippen LogP contribution in [0.25, 0.3) is 0 Å². The van der Waals surface area contributed by atoms with Gasteiger partial charge < -0.3 is 29.5 Å². The molecule has 10 nitrogen and oxygen atoms in total. The van der Waals surface area contributed by atoms with Gasteiger partial charge in [-0.3, -0.25) is 14.4 Å². The number of amides is 4. The number of anilines is 1. The first-order chi connectivity index (χ1) is 15.3. The molecule has 1 unspecified atom stereocenters. The van der Waals surface area contributed by atoms with E-state index in [-0.39, 0.29) is 36.8 Å². The van der Waals surface area contributed by atoms with E-state index in [1.807, 2.05) is 0 Å². The Balaban J connectivity index is 1.50. The summed E-state index contributed by atoms with van der Waals surface area (Å²) in [5.74, 6) is -0.506. The molecule has 2 aliphatic heterocycles. The largest absolute Gasteiger partial charge is 0.497 e. The van der Waals surface area contributed by atoms with Gasteiger partial charge in [-0.1, -0.05) is 0 Å². The fourth-order valence-electron chi connectivity index (χ4n) is 3.89. The van der Waals surface area contributed by atoms with E-state index in [0.29, 0.717) is 44.2 Å². The predicted molar refractivity (Wildman–Crippen MR) is 116 cm³/mol. The molecule has 0 aliphatic carbocycles. The highest BCUT2D eigenvalue weighted by molar-refractivity contribution is 6.01. The van der Waals surface area contributed by atoms with E-state index in [2.05, 4.69) is 5.32 Å². The van der Waals surface area contributed by atoms with Crippen LogP contribution >= 0.6 is 0 Å². The van der Waals surface area contributed by atoms with E-state index in [1.54, 1.807) is 59.9 Å². The number of nitrogens with zero attached hydrogens (tertiary/aromatic N) is 3. The first kappa shape index (κ1) is 23.4. The Morgan fingerprint density at radius 3 is 2.31 bits per heavy atom. The standard InChI is InChI=1S/C22H30N4O6/c1-4-32-22(30)25-11-9-24(10-12-25)21(29)15(2)23-20(28)16-13-19(27)26(14-16)17-5-7-18(31-3)8-6-17/h5-8,15-16H,4,9-14H2,1-3H3,(H,23,28)/t15-,16?/m1/s1. The van der Waals surface area contributed by atoms with Crippen molar-refractivity contribution in [2.24, 2.45) is 5.92 Å². The minimum Gasteiger partial charge on any atom is -0.497 e. The lowest BCUT2D eigenvalue weighted by Gasteiger charge is -2.35. The fourth-order valence-corrected chi connectivity index (χ4v) is 3.89. The quantitative estimate of drug-likeness (QED) is 0.694. The summed E-state index contributed by atoms with van der Waals surface area (Å²) in [5, 5.41) is 2.75. The molecule has 32 heavy (non-hydrogen) atoms. The summed E-state index contributed by atoms with van der Waals surface area (Å²) < 4.78 is 10.1. The lowest BCUT2D eigenvalue weighted by molar-refractivity contribution is -0.138. The SMILES string of the molecule is CCOC(=O)N1CCN(C(=O)[C@@H](C)NC(=O)C2CC(=O)N(c3ccc(OC)cc3)C2)CC1. The Morgan fingerprint density at radius 1 is 1.09 bits per heavy atom. The molecule has 2 atom stereocenters. The summed E-state index contributed by atoms with van der Waals surface area (Å²) in [5.41, 5.74) is 0.703. The second-order valence-electron chi connectivity index (χ2n) is 7.84. The molecule has 2 aliphatic rings. The summed E-state index contributed by atoms with van der Waals surface area (Å²) in [4.78, 5) is 54.5. The number of benzene rings is 1. The summed E-state index contributed by atoms with van der Waals surface area (Å²) in [6, 6.07) is 6.36. The topological polar surface area (TPSA) is 108 Å². The molecule has 0 saturated carbocycles. The Morgan fingerprint density at radius 2 is 1.72 bits per heavy atom. The highest BCUT2D eigenvalue weighted by Crippen LogP contribution is 2.27. The number of carbonyl (C=O) groups is 4. The minimum absolute atomic E-state index is 0.0942. The van der Waals surface area contributed by atoms with Crippen molar-refractivity contribution < 1.29 is 28.7 Å². The van der Waals surface area contributed by atoms with Gasteiger partial charge in [0, 0.05) is 44.8 Å². The van der Waals surface area contributed by atoms with E-state index in [1.165, 1.54) is 0 Å². The van der Waals surface area contributed by atoms with Crippen LogP contribution in [0.3, 0.4) is 0 Å². The first-order valence-electron chi connectivity index (χ1n) is 10.8. The van der Waals surface area contributed by atoms with Crippen molar-refractivity contribution >= 4 is 29.5 Å². The molecule has 0 bridgehead atoms. The lowest BCUT2D eigenvalue weighted by atomic mass is 10.1. The highest BCUT2D eigenvalue weighted by Gasteiger charge is 2.36. The molecule has 3 rings (SSSR count). The molecule has 2 saturated heterocycles. The number of ether oxygens (including phenoxy) is 2. The molecular weight excluding hydrogens is 416 g/mol. The number of nitrogens with one attached hydrogen (secondary N) is 1. The van der Waals surface area contributed by atoms with E-state index in [9.17, 15) is 19.2 Å². The molecule has 174 valence electrons. The summed E-state index contributed by atoms with van der Waals surface area (Å²) >= 11 is 0. The van der Waals surface area contributed by atoms with Gasteiger partial charge in [-0.2, -0.15) is 0 Å². The van der Waals surface area contributed by atoms with Gasteiger partial charge in [-0.15, -0.1) is 0 Å². The number of hydrogen-bond acceptors (Lipinski definition) is 6. The van der Waals surface area contributed by atoms with Gasteiger partial charge >= 0.3 is 6.09 Å². The second-order valence-corrected chi connectivity index (χ2v) is 7.84. The lowest BCUT2D eigenvalue weighted by Crippen LogP contribution is -2.55. The summed E-state index contributed by atoms with van der Waals surface area (Å²) in [6.45, 7) is 5.48. The molecule has 0 spiro atoms. The number of hydrogen-bond donors (Lipinski definition) is 1. The molecular formula is C22H30N4O6. The van der Waals surface area contributed by atoms with Crippen LogP contribution < -0.4 is 15.0 Å². The van der Waals surface area contributed by atoms with E-state index in [0.717, 1.165) is 0 Å². The first-order valence-corrected chi connectivity index (χ1v) is 10.8. The van der Waals surface area contributed by atoms with E-state index in [4.69, 9.17) is 9.47 Å². The maximum atomic E-state index is 12.7. The van der Waals surface area contributed by atoms with Gasteiger partial charge in [0.2, 0.25) is 17.7 Å². The zero-order valence-electron chi connectivity index (χ0n) is 18.7. The molecule has 2 heterocycles. The van der Waals surface area contributed by atoms with Crippen LogP contribution in [-0.4, -0.2) is 86.1 Å². The van der Waals surface area contributed by atoms with Crippen LogP contribution in [0.2, 0.25) is 0 Å². The fraction of sp³-hybridized carbons (Fsp3) is 0.545. The van der Waals surface area contributed by atoms with Gasteiger partial charge in [-0.25, -0.2) is 4.79 Å². The number of methoxy groups -OCH3 is 1. The molecule has 1 aromatic rings. The van der Waals surface area contributed by atoms with Crippen molar-refractivity contribution in [1.82, 2.24) is 15.1 Å². The molecule has 2 fully saturated rings. The molecule has 1 N–H and O–H groups in total. The predicted octanol–water partition coefficient (Wildman–Crippen LogP) is 0.854. The van der Waals surface area contributed by atoms with Crippen molar-refractivity contribution in [1.29, 1.82) is 0 Å². The molecule has 1 aromatic carbocycles. The Labute approximate surface area is 187 Å². The monoisotopic (exact) mass is 446 g/mol. The number of piperazine rings is 1. The van der Waals surface area contributed by atoms with Crippen LogP contribution in [0, 0.1) is 5.92 Å². The van der Waals surface area contributed by atoms with Crippen LogP contribution in [0.1, 0.15) is 20.3 Å². The molecule has 0 radical (unpaired) electrons. The van der Waals surface area contributed by atoms with Crippen molar-refractivity contribution in [2.45, 2.75) is 26.3 Å². The average molecular weight is 447 g/mol. The minimum atomic E-state index is -0.721. The van der Waals surface area contributed by atoms with Gasteiger partial charge in [0.25, 0.3) is 0 Å². The maximum absolute atomic E-state index is 12.7. The van der Waals surface area contributed by atoms with Crippen LogP contribution in [0.5, 0.6) is 5.75 Å². The zero-order chi connectivity index (χ0) is 23.3. The van der Waals surface area contributed by atoms with E-state index >= 15 is 0 Å². The van der Waals surface area contributed by atoms with Crippen molar-refractivity contribution in [3.8, 4) is 5.75 Å². The average Bonchev–Trinajstić information content (AvgIpc) is 3.20. The van der Waals surface area contributed by atoms with Gasteiger partial charge in [0.1, 0.15) is 11.8 Å².